The highest BCUT2D eigenvalue weighted by Crippen LogP contribution is 2.37. The van der Waals surface area contributed by atoms with Crippen molar-refractivity contribution in [2.75, 3.05) is 12.3 Å². The van der Waals surface area contributed by atoms with E-state index in [1.807, 2.05) is 49.4 Å². The average Bonchev–Trinajstić information content (AvgIpc) is 3.64. The van der Waals surface area contributed by atoms with Crippen LogP contribution in [0.15, 0.2) is 42.5 Å². The molecule has 1 aromatic heterocycles. The highest BCUT2D eigenvalue weighted by molar-refractivity contribution is 7.92. The van der Waals surface area contributed by atoms with Gasteiger partial charge in [-0.25, -0.2) is 8.42 Å². The van der Waals surface area contributed by atoms with Crippen LogP contribution in [0, 0.1) is 6.92 Å². The molecular weight excluding hydrogens is 508 g/mol. The van der Waals surface area contributed by atoms with E-state index in [0.29, 0.717) is 23.6 Å². The third-order valence-corrected chi connectivity index (χ3v) is 11.0. The first-order valence-corrected chi connectivity index (χ1v) is 15.4. The molecule has 37 heavy (non-hydrogen) atoms. The Balaban J connectivity index is 1.37. The van der Waals surface area contributed by atoms with Gasteiger partial charge in [0.15, 0.2) is 15.6 Å². The molecule has 8 heteroatoms. The number of ketones is 1. The molecule has 1 aliphatic carbocycles. The second-order valence-corrected chi connectivity index (χ2v) is 13.9. The second kappa shape index (κ2) is 9.53. The first-order chi connectivity index (χ1) is 17.7. The summed E-state index contributed by atoms with van der Waals surface area (Å²) in [4.78, 5) is 16.2. The predicted molar refractivity (Wildman–Crippen MR) is 147 cm³/mol. The van der Waals surface area contributed by atoms with Crippen LogP contribution in [0.3, 0.4) is 0 Å². The molecule has 0 radical (unpaired) electrons. The van der Waals surface area contributed by atoms with Crippen LogP contribution in [0.1, 0.15) is 60.1 Å². The molecule has 0 amide bonds. The molecule has 6 rings (SSSR count). The maximum atomic E-state index is 13.9. The molecule has 1 saturated carbocycles. The number of Topliss-reactive ketones (excluding diaryl/α,β-unsaturated/α-hetero) is 1. The van der Waals surface area contributed by atoms with E-state index >= 15 is 0 Å². The van der Waals surface area contributed by atoms with Crippen molar-refractivity contribution in [2.45, 2.75) is 75.3 Å². The highest BCUT2D eigenvalue weighted by Gasteiger charge is 2.41. The van der Waals surface area contributed by atoms with Gasteiger partial charge in [0, 0.05) is 39.4 Å². The Hall–Kier alpha value is -2.19. The zero-order chi connectivity index (χ0) is 25.9. The maximum Gasteiger partial charge on any atom is 0.179 e. The zero-order valence-electron chi connectivity index (χ0n) is 21.1. The van der Waals surface area contributed by atoms with Gasteiger partial charge in [-0.1, -0.05) is 23.7 Å². The number of hydrogen-bond donors (Lipinski definition) is 1. The first kappa shape index (κ1) is 25.1. The van der Waals surface area contributed by atoms with E-state index in [1.165, 1.54) is 0 Å². The van der Waals surface area contributed by atoms with Crippen LogP contribution in [0.25, 0.3) is 16.6 Å². The minimum absolute atomic E-state index is 0.0903. The number of sulfone groups is 1. The van der Waals surface area contributed by atoms with E-state index in [2.05, 4.69) is 9.47 Å². The smallest absolute Gasteiger partial charge is 0.179 e. The molecule has 1 N–H and O–H groups in total. The van der Waals surface area contributed by atoms with E-state index < -0.39 is 9.84 Å². The van der Waals surface area contributed by atoms with Crippen molar-refractivity contribution in [3.63, 3.8) is 0 Å². The van der Waals surface area contributed by atoms with Crippen LogP contribution < -0.4 is 0 Å². The molecule has 6 nitrogen and oxygen atoms in total. The molecule has 3 aromatic rings. The summed E-state index contributed by atoms with van der Waals surface area (Å²) in [6.07, 6.45) is 5.31. The SMILES string of the molecule is Cc1c(C(=O)CN2[C@@H]3CC[C@H]2CC(O)C3)c2ccc(CCS(=O)(=O)C3CC3)cc2n1-c1ccc(Cl)cc1. The number of aliphatic hydroxyl groups is 1. The van der Waals surface area contributed by atoms with Crippen molar-refractivity contribution in [2.24, 2.45) is 0 Å². The van der Waals surface area contributed by atoms with Crippen LogP contribution in [-0.4, -0.2) is 64.5 Å². The van der Waals surface area contributed by atoms with Gasteiger partial charge in [0.1, 0.15) is 0 Å². The number of rotatable bonds is 8. The van der Waals surface area contributed by atoms with Crippen LogP contribution in [-0.2, 0) is 16.3 Å². The number of carbonyl (C=O) groups is 1. The molecule has 3 atom stereocenters. The average molecular weight is 541 g/mol. The van der Waals surface area contributed by atoms with E-state index in [0.717, 1.165) is 66.4 Å². The van der Waals surface area contributed by atoms with Gasteiger partial charge >= 0.3 is 0 Å². The Morgan fingerprint density at radius 2 is 1.70 bits per heavy atom. The van der Waals surface area contributed by atoms with Gasteiger partial charge in [-0.15, -0.1) is 0 Å². The first-order valence-electron chi connectivity index (χ1n) is 13.3. The van der Waals surface area contributed by atoms with Crippen molar-refractivity contribution < 1.29 is 18.3 Å². The fourth-order valence-corrected chi connectivity index (χ4v) is 8.33. The lowest BCUT2D eigenvalue weighted by Gasteiger charge is -2.36. The van der Waals surface area contributed by atoms with E-state index in [-0.39, 0.29) is 35.0 Å². The summed E-state index contributed by atoms with van der Waals surface area (Å²) >= 11 is 6.16. The number of piperidine rings is 1. The third-order valence-electron chi connectivity index (χ3n) is 8.53. The number of aliphatic hydroxyl groups excluding tert-OH is 1. The minimum atomic E-state index is -3.05. The number of nitrogens with zero attached hydrogens (tertiary/aromatic N) is 2. The summed E-state index contributed by atoms with van der Waals surface area (Å²) in [7, 11) is -3.05. The fraction of sp³-hybridized carbons (Fsp3) is 0.483. The van der Waals surface area contributed by atoms with Crippen molar-refractivity contribution in [1.82, 2.24) is 9.47 Å². The van der Waals surface area contributed by atoms with Gasteiger partial charge in [0.05, 0.1) is 29.2 Å². The lowest BCUT2D eigenvalue weighted by Crippen LogP contribution is -2.46. The molecule has 196 valence electrons. The van der Waals surface area contributed by atoms with Crippen molar-refractivity contribution in [3.8, 4) is 5.69 Å². The Morgan fingerprint density at radius 1 is 1.03 bits per heavy atom. The van der Waals surface area contributed by atoms with E-state index in [9.17, 15) is 18.3 Å². The predicted octanol–water partition coefficient (Wildman–Crippen LogP) is 4.88. The molecule has 2 aromatic carbocycles. The summed E-state index contributed by atoms with van der Waals surface area (Å²) in [5, 5.41) is 11.6. The highest BCUT2D eigenvalue weighted by atomic mass is 35.5. The molecule has 1 unspecified atom stereocenters. The zero-order valence-corrected chi connectivity index (χ0v) is 22.6. The van der Waals surface area contributed by atoms with Gasteiger partial charge < -0.3 is 9.67 Å². The number of halogens is 1. The number of benzene rings is 2. The minimum Gasteiger partial charge on any atom is -0.393 e. The Bertz CT molecular complexity index is 1450. The summed E-state index contributed by atoms with van der Waals surface area (Å²) in [6.45, 7) is 2.33. The summed E-state index contributed by atoms with van der Waals surface area (Å²) in [6, 6.07) is 14.1. The van der Waals surface area contributed by atoms with Crippen LogP contribution in [0.2, 0.25) is 5.02 Å². The lowest BCUT2D eigenvalue weighted by molar-refractivity contribution is 0.0344. The van der Waals surface area contributed by atoms with Gasteiger partial charge in [0.2, 0.25) is 0 Å². The molecular formula is C29H33ClN2O4S. The van der Waals surface area contributed by atoms with Crippen molar-refractivity contribution in [3.05, 3.63) is 64.3 Å². The van der Waals surface area contributed by atoms with Crippen LogP contribution in [0.4, 0.5) is 0 Å². The van der Waals surface area contributed by atoms with Gasteiger partial charge in [-0.2, -0.15) is 0 Å². The summed E-state index contributed by atoms with van der Waals surface area (Å²) in [5.41, 5.74) is 4.35. The molecule has 3 aliphatic rings. The van der Waals surface area contributed by atoms with E-state index in [4.69, 9.17) is 11.6 Å². The normalized spacial score (nSPS) is 24.1. The fourth-order valence-electron chi connectivity index (χ4n) is 6.49. The number of carbonyl (C=O) groups excluding carboxylic acids is 1. The third kappa shape index (κ3) is 4.76. The van der Waals surface area contributed by atoms with Gasteiger partial charge in [0.25, 0.3) is 0 Å². The quantitative estimate of drug-likeness (QED) is 0.412. The van der Waals surface area contributed by atoms with E-state index in [1.54, 1.807) is 0 Å². The van der Waals surface area contributed by atoms with Gasteiger partial charge in [-0.3, -0.25) is 9.69 Å². The Labute approximate surface area is 223 Å². The van der Waals surface area contributed by atoms with Crippen LogP contribution in [0.5, 0.6) is 0 Å². The number of aryl methyl sites for hydroxylation is 1. The summed E-state index contributed by atoms with van der Waals surface area (Å²) < 4.78 is 27.1. The largest absolute Gasteiger partial charge is 0.393 e. The number of fused-ring (bicyclic) bond motifs is 3. The van der Waals surface area contributed by atoms with Gasteiger partial charge in [-0.05, 0) is 87.8 Å². The Kier molecular flexibility index (Phi) is 6.46. The summed E-state index contributed by atoms with van der Waals surface area (Å²) in [5.74, 6) is 0.242. The number of hydrogen-bond acceptors (Lipinski definition) is 5. The van der Waals surface area contributed by atoms with Crippen molar-refractivity contribution >= 4 is 38.1 Å². The molecule has 2 aliphatic heterocycles. The van der Waals surface area contributed by atoms with Crippen LogP contribution >= 0.6 is 11.6 Å². The molecule has 0 spiro atoms. The molecule has 2 bridgehead atoms. The monoisotopic (exact) mass is 540 g/mol. The maximum absolute atomic E-state index is 13.9. The standard InChI is InChI=1S/C29H33ClN2O4S/c1-18-29(28(34)17-31-22-7-8-23(31)16-24(33)15-22)26-11-2-19(12-13-37(35,36)25-9-10-25)14-27(26)32(18)21-5-3-20(30)4-6-21/h2-6,11,14,22-25,33H,7-10,12-13,15-17H2,1H3/t22-,23+,24?. The molecule has 3 heterocycles. The Morgan fingerprint density at radius 3 is 2.35 bits per heavy atom. The van der Waals surface area contributed by atoms with Crippen molar-refractivity contribution in [1.29, 1.82) is 0 Å². The lowest BCUT2D eigenvalue weighted by atomic mass is 9.98. The topological polar surface area (TPSA) is 79.6 Å². The molecule has 3 fully saturated rings. The number of aromatic nitrogens is 1. The second-order valence-electron chi connectivity index (χ2n) is 11.0. The molecule has 2 saturated heterocycles.